The number of likely N-dealkylation sites (tertiary alicyclic amines) is 1. The molecule has 2 fully saturated rings. The van der Waals surface area contributed by atoms with E-state index in [1.54, 1.807) is 7.05 Å². The van der Waals surface area contributed by atoms with E-state index < -0.39 is 10.8 Å². The van der Waals surface area contributed by atoms with Crippen molar-refractivity contribution in [3.8, 4) is 0 Å². The smallest absolute Gasteiger partial charge is 0.314 e. The minimum absolute atomic E-state index is 0.0292. The largest absolute Gasteiger partial charge is 0.371 e. The molecule has 0 radical (unpaired) electrons. The highest BCUT2D eigenvalue weighted by atomic mass is 32.2. The molecule has 2 saturated heterocycles. The summed E-state index contributed by atoms with van der Waals surface area (Å²) in [4.78, 5) is 22.0. The summed E-state index contributed by atoms with van der Waals surface area (Å²) < 4.78 is 12.9. The van der Waals surface area contributed by atoms with Crippen molar-refractivity contribution >= 4 is 22.5 Å². The number of hydrogen-bond acceptors (Lipinski definition) is 5. The average Bonchev–Trinajstić information content (AvgIpc) is 3.10. The maximum absolute atomic E-state index is 12.9. The van der Waals surface area contributed by atoms with Crippen LogP contribution in [0.2, 0.25) is 0 Å². The number of fused-ring (bicyclic) bond motifs is 1. The predicted molar refractivity (Wildman–Crippen MR) is 192 cm³/mol. The summed E-state index contributed by atoms with van der Waals surface area (Å²) in [5, 5.41) is 6.13. The maximum atomic E-state index is 12.9. The molecule has 0 aliphatic carbocycles. The van der Waals surface area contributed by atoms with Crippen LogP contribution in [0.4, 0.5) is 10.5 Å². The van der Waals surface area contributed by atoms with Crippen molar-refractivity contribution in [3.05, 3.63) is 90.0 Å². The fraction of sp³-hybridized carbons (Fsp3) is 0.513. The third-order valence-electron chi connectivity index (χ3n) is 10.9. The Balaban J connectivity index is 1.08. The number of hydrogen-bond donors (Lipinski definition) is 2. The monoisotopic (exact) mass is 655 g/mol. The average molecular weight is 656 g/mol. The van der Waals surface area contributed by atoms with Crippen LogP contribution in [0.1, 0.15) is 57.1 Å². The lowest BCUT2D eigenvalue weighted by Crippen LogP contribution is -2.57. The first kappa shape index (κ1) is 33.7. The molecule has 0 spiro atoms. The second-order valence-electron chi connectivity index (χ2n) is 14.0. The van der Waals surface area contributed by atoms with Crippen molar-refractivity contribution in [2.24, 2.45) is 11.8 Å². The Morgan fingerprint density at radius 3 is 2.28 bits per heavy atom. The van der Waals surface area contributed by atoms with Gasteiger partial charge in [0.1, 0.15) is 0 Å². The van der Waals surface area contributed by atoms with Crippen LogP contribution in [0, 0.1) is 11.8 Å². The van der Waals surface area contributed by atoms with Crippen LogP contribution >= 0.6 is 0 Å². The van der Waals surface area contributed by atoms with Crippen molar-refractivity contribution in [1.82, 2.24) is 20.4 Å². The van der Waals surface area contributed by atoms with Gasteiger partial charge in [-0.15, -0.1) is 0 Å². The Labute approximate surface area is 284 Å². The van der Waals surface area contributed by atoms with Crippen LogP contribution in [0.5, 0.6) is 0 Å². The minimum atomic E-state index is -1.14. The van der Waals surface area contributed by atoms with Gasteiger partial charge in [0.15, 0.2) is 0 Å². The molecule has 3 aromatic rings. The van der Waals surface area contributed by atoms with Crippen molar-refractivity contribution < 1.29 is 9.00 Å². The Bertz CT molecular complexity index is 1490. The Kier molecular flexibility index (Phi) is 11.0. The van der Waals surface area contributed by atoms with Gasteiger partial charge in [0.2, 0.25) is 0 Å². The molecular formula is C39H53N5O2S. The molecule has 2 N–H and O–H groups in total. The molecule has 2 amide bonds. The topological polar surface area (TPSA) is 67.9 Å². The number of rotatable bonds is 12. The van der Waals surface area contributed by atoms with Gasteiger partial charge in [-0.1, -0.05) is 62.7 Å². The predicted octanol–water partition coefficient (Wildman–Crippen LogP) is 6.26. The summed E-state index contributed by atoms with van der Waals surface area (Å²) in [5.74, 6) is 1.26. The third-order valence-corrected chi connectivity index (χ3v) is 12.3. The van der Waals surface area contributed by atoms with Gasteiger partial charge in [0, 0.05) is 72.6 Å². The summed E-state index contributed by atoms with van der Waals surface area (Å²) in [6.07, 6.45) is 5.43. The van der Waals surface area contributed by atoms with E-state index in [0.717, 1.165) is 81.4 Å². The van der Waals surface area contributed by atoms with Gasteiger partial charge in [-0.3, -0.25) is 4.90 Å². The van der Waals surface area contributed by atoms with Crippen molar-refractivity contribution in [3.63, 3.8) is 0 Å². The molecule has 8 heteroatoms. The van der Waals surface area contributed by atoms with E-state index in [9.17, 15) is 9.00 Å². The first-order valence-electron chi connectivity index (χ1n) is 17.8. The third kappa shape index (κ3) is 7.60. The fourth-order valence-corrected chi connectivity index (χ4v) is 9.56. The number of carbonyl (C=O) groups is 1. The van der Waals surface area contributed by atoms with Crippen LogP contribution in [-0.2, 0) is 22.8 Å². The van der Waals surface area contributed by atoms with Gasteiger partial charge in [-0.2, -0.15) is 0 Å². The number of nitrogens with zero attached hydrogens (tertiary/aromatic N) is 3. The Morgan fingerprint density at radius 1 is 0.915 bits per heavy atom. The van der Waals surface area contributed by atoms with E-state index in [1.807, 2.05) is 42.5 Å². The molecule has 252 valence electrons. The first-order chi connectivity index (χ1) is 22.9. The quantitative estimate of drug-likeness (QED) is 0.241. The van der Waals surface area contributed by atoms with Crippen LogP contribution in [0.15, 0.2) is 88.7 Å². The number of urea groups is 1. The van der Waals surface area contributed by atoms with E-state index in [1.165, 1.54) is 29.7 Å². The number of piperidine rings is 1. The normalized spacial score (nSPS) is 22.2. The molecule has 0 aromatic heterocycles. The van der Waals surface area contributed by atoms with Gasteiger partial charge in [0.05, 0.1) is 10.8 Å². The number of amides is 2. The Morgan fingerprint density at radius 2 is 1.60 bits per heavy atom. The number of benzene rings is 3. The molecule has 0 saturated carbocycles. The van der Waals surface area contributed by atoms with E-state index in [4.69, 9.17) is 0 Å². The lowest BCUT2D eigenvalue weighted by Gasteiger charge is -2.52. The molecule has 7 nitrogen and oxygen atoms in total. The number of likely N-dealkylation sites (N-methyl/N-ethyl adjacent to an activating group) is 1. The van der Waals surface area contributed by atoms with Gasteiger partial charge < -0.3 is 20.4 Å². The summed E-state index contributed by atoms with van der Waals surface area (Å²) in [6, 6.07) is 27.2. The zero-order chi connectivity index (χ0) is 32.8. The van der Waals surface area contributed by atoms with Crippen molar-refractivity contribution in [1.29, 1.82) is 0 Å². The van der Waals surface area contributed by atoms with Crippen LogP contribution in [-0.4, -0.2) is 78.9 Å². The molecule has 3 atom stereocenters. The highest BCUT2D eigenvalue weighted by Gasteiger charge is 2.47. The molecule has 3 aliphatic rings. The molecular weight excluding hydrogens is 603 g/mol. The van der Waals surface area contributed by atoms with Crippen LogP contribution in [0.25, 0.3) is 0 Å². The van der Waals surface area contributed by atoms with E-state index in [0.29, 0.717) is 11.8 Å². The highest BCUT2D eigenvalue weighted by Crippen LogP contribution is 2.47. The molecule has 6 rings (SSSR count). The van der Waals surface area contributed by atoms with E-state index >= 15 is 0 Å². The molecule has 47 heavy (non-hydrogen) atoms. The zero-order valence-electron chi connectivity index (χ0n) is 28.5. The molecule has 3 heterocycles. The summed E-state index contributed by atoms with van der Waals surface area (Å²) >= 11 is 0. The Hall–Kier alpha value is -3.20. The summed E-state index contributed by atoms with van der Waals surface area (Å²) in [6.45, 7) is 13.2. The lowest BCUT2D eigenvalue weighted by molar-refractivity contribution is 0.0592. The standard InChI is InChI=1S/C39H53N5O2S/c1-4-11-33(41-38(45)40-3)24-39(29-42(5-2)28-31-12-9-10-15-37(31)39)32-20-22-43(23-21-32)25-30-26-44(27-30)34-16-18-36(19-17-34)47(46)35-13-7-6-8-14-35/h6-10,12-19,30,32-33H,4-5,11,20-29H2,1-3H3,(H2,40,41,45)/t33-,39?,47?/m0/s1. The molecule has 3 aliphatic heterocycles. The number of nitrogens with one attached hydrogen (secondary N) is 2. The number of carbonyl (C=O) groups excluding carboxylic acids is 1. The van der Waals surface area contributed by atoms with Crippen LogP contribution in [0.3, 0.4) is 0 Å². The summed E-state index contributed by atoms with van der Waals surface area (Å²) in [5.41, 5.74) is 4.24. The second kappa shape index (κ2) is 15.3. The van der Waals surface area contributed by atoms with Crippen molar-refractivity contribution in [2.45, 2.75) is 73.7 Å². The summed E-state index contributed by atoms with van der Waals surface area (Å²) in [7, 11) is 0.570. The van der Waals surface area contributed by atoms with Crippen LogP contribution < -0.4 is 15.5 Å². The number of anilines is 1. The highest BCUT2D eigenvalue weighted by molar-refractivity contribution is 7.85. The second-order valence-corrected chi connectivity index (χ2v) is 15.4. The van der Waals surface area contributed by atoms with E-state index in [2.05, 4.69) is 75.6 Å². The van der Waals surface area contributed by atoms with Crippen molar-refractivity contribution in [2.75, 3.05) is 57.8 Å². The van der Waals surface area contributed by atoms with Gasteiger partial charge in [-0.05, 0) is 98.8 Å². The SMILES string of the molecule is CCC[C@@H](CC1(C2CCN(CC3CN(c4ccc(S(=O)c5ccccc5)cc4)C3)CC2)CN(CC)Cc2ccccc21)NC(=O)NC. The lowest BCUT2D eigenvalue weighted by atomic mass is 9.60. The first-order valence-corrected chi connectivity index (χ1v) is 18.9. The zero-order valence-corrected chi connectivity index (χ0v) is 29.3. The molecule has 0 bridgehead atoms. The van der Waals surface area contributed by atoms with E-state index in [-0.39, 0.29) is 17.5 Å². The fourth-order valence-electron chi connectivity index (χ4n) is 8.50. The maximum Gasteiger partial charge on any atom is 0.314 e. The molecule has 3 aromatic carbocycles. The van der Waals surface area contributed by atoms with Gasteiger partial charge in [0.25, 0.3) is 0 Å². The van der Waals surface area contributed by atoms with Gasteiger partial charge >= 0.3 is 6.03 Å². The molecule has 2 unspecified atom stereocenters. The van der Waals surface area contributed by atoms with Gasteiger partial charge in [-0.25, -0.2) is 9.00 Å². The minimum Gasteiger partial charge on any atom is -0.371 e.